The Morgan fingerprint density at radius 1 is 1.24 bits per heavy atom. The summed E-state index contributed by atoms with van der Waals surface area (Å²) in [5.74, 6) is 0.670. The molecule has 2 rings (SSSR count). The van der Waals surface area contributed by atoms with E-state index in [-0.39, 0.29) is 13.2 Å². The molecule has 114 valence electrons. The first-order valence-electron chi connectivity index (χ1n) is 6.33. The number of benzene rings is 1. The molecule has 0 spiro atoms. The van der Waals surface area contributed by atoms with Crippen molar-refractivity contribution in [2.75, 3.05) is 13.2 Å². The predicted molar refractivity (Wildman–Crippen MR) is 85.9 cm³/mol. The largest absolute Gasteiger partial charge is 0.492 e. The highest BCUT2D eigenvalue weighted by molar-refractivity contribution is 7.91. The minimum atomic E-state index is -3.44. The van der Waals surface area contributed by atoms with Crippen molar-refractivity contribution in [3.63, 3.8) is 0 Å². The fraction of sp³-hybridized carbons (Fsp3) is 0.286. The standard InChI is InChI=1S/C14H16ClNO3S2/c1-10-9-12(4-5-13(10)15)19-8-7-16-21(17,18)14-6-3-11(2)20-14/h3-6,9,16H,7-8H2,1-2H3. The molecule has 0 saturated carbocycles. The van der Waals surface area contributed by atoms with E-state index in [2.05, 4.69) is 4.72 Å². The van der Waals surface area contributed by atoms with E-state index >= 15 is 0 Å². The lowest BCUT2D eigenvalue weighted by atomic mass is 10.2. The third-order valence-corrected chi connectivity index (χ3v) is 6.15. The molecule has 0 bridgehead atoms. The SMILES string of the molecule is Cc1ccc(S(=O)(=O)NCCOc2ccc(Cl)c(C)c2)s1. The van der Waals surface area contributed by atoms with Gasteiger partial charge in [-0.05, 0) is 49.7 Å². The van der Waals surface area contributed by atoms with E-state index in [9.17, 15) is 8.42 Å². The molecule has 4 nitrogen and oxygen atoms in total. The van der Waals surface area contributed by atoms with Crippen molar-refractivity contribution in [3.8, 4) is 5.75 Å². The second kappa shape index (κ2) is 6.79. The second-order valence-corrected chi connectivity index (χ2v) is 8.21. The molecule has 2 aromatic rings. The molecular formula is C14H16ClNO3S2. The van der Waals surface area contributed by atoms with Gasteiger partial charge >= 0.3 is 0 Å². The number of rotatable bonds is 6. The Morgan fingerprint density at radius 2 is 2.00 bits per heavy atom. The summed E-state index contributed by atoms with van der Waals surface area (Å²) in [6.45, 7) is 4.22. The molecule has 0 saturated heterocycles. The Balaban J connectivity index is 1.85. The van der Waals surface area contributed by atoms with E-state index in [0.717, 1.165) is 10.4 Å². The lowest BCUT2D eigenvalue weighted by molar-refractivity contribution is 0.322. The van der Waals surface area contributed by atoms with Gasteiger partial charge in [-0.15, -0.1) is 11.3 Å². The van der Waals surface area contributed by atoms with Crippen LogP contribution in [0.4, 0.5) is 0 Å². The molecule has 0 unspecified atom stereocenters. The van der Waals surface area contributed by atoms with Gasteiger partial charge < -0.3 is 4.74 Å². The maximum Gasteiger partial charge on any atom is 0.250 e. The number of nitrogens with one attached hydrogen (secondary N) is 1. The van der Waals surface area contributed by atoms with E-state index in [1.165, 1.54) is 11.3 Å². The van der Waals surface area contributed by atoms with Crippen molar-refractivity contribution in [1.82, 2.24) is 4.72 Å². The Morgan fingerprint density at radius 3 is 2.62 bits per heavy atom. The van der Waals surface area contributed by atoms with E-state index in [4.69, 9.17) is 16.3 Å². The van der Waals surface area contributed by atoms with Crippen LogP contribution in [0, 0.1) is 13.8 Å². The van der Waals surface area contributed by atoms with Crippen LogP contribution in [-0.4, -0.2) is 21.6 Å². The average molecular weight is 346 g/mol. The number of aryl methyl sites for hydroxylation is 2. The summed E-state index contributed by atoms with van der Waals surface area (Å²) < 4.78 is 32.3. The summed E-state index contributed by atoms with van der Waals surface area (Å²) >= 11 is 7.17. The second-order valence-electron chi connectivity index (χ2n) is 4.52. The van der Waals surface area contributed by atoms with Crippen LogP contribution in [0.2, 0.25) is 5.02 Å². The molecule has 21 heavy (non-hydrogen) atoms. The third-order valence-electron chi connectivity index (χ3n) is 2.77. The first-order valence-corrected chi connectivity index (χ1v) is 9.01. The highest BCUT2D eigenvalue weighted by Gasteiger charge is 2.15. The van der Waals surface area contributed by atoms with Gasteiger partial charge in [0.05, 0.1) is 0 Å². The summed E-state index contributed by atoms with van der Waals surface area (Å²) in [5, 5.41) is 0.677. The van der Waals surface area contributed by atoms with Crippen molar-refractivity contribution >= 4 is 33.0 Å². The van der Waals surface area contributed by atoms with Gasteiger partial charge in [0.1, 0.15) is 16.6 Å². The van der Waals surface area contributed by atoms with Crippen molar-refractivity contribution < 1.29 is 13.2 Å². The Bertz CT molecular complexity index is 726. The van der Waals surface area contributed by atoms with Gasteiger partial charge in [-0.2, -0.15) is 0 Å². The molecule has 1 aromatic carbocycles. The summed E-state index contributed by atoms with van der Waals surface area (Å²) in [4.78, 5) is 0.961. The molecule has 1 heterocycles. The molecular weight excluding hydrogens is 330 g/mol. The van der Waals surface area contributed by atoms with Crippen LogP contribution in [0.1, 0.15) is 10.4 Å². The predicted octanol–water partition coefficient (Wildman–Crippen LogP) is 3.38. The average Bonchev–Trinajstić information content (AvgIpc) is 2.86. The van der Waals surface area contributed by atoms with Gasteiger partial charge in [0.2, 0.25) is 10.0 Å². The van der Waals surface area contributed by atoms with E-state index in [1.807, 2.05) is 19.9 Å². The van der Waals surface area contributed by atoms with Crippen molar-refractivity contribution in [2.24, 2.45) is 0 Å². The Labute approximate surface area is 133 Å². The van der Waals surface area contributed by atoms with Crippen molar-refractivity contribution in [2.45, 2.75) is 18.1 Å². The van der Waals surface area contributed by atoms with Crippen LogP contribution in [0.5, 0.6) is 5.75 Å². The number of halogens is 1. The molecule has 0 fully saturated rings. The number of thiophene rings is 1. The molecule has 0 atom stereocenters. The van der Waals surface area contributed by atoms with Gasteiger partial charge in [0.25, 0.3) is 0 Å². The molecule has 0 aliphatic heterocycles. The highest BCUT2D eigenvalue weighted by atomic mass is 35.5. The highest BCUT2D eigenvalue weighted by Crippen LogP contribution is 2.21. The number of sulfonamides is 1. The minimum Gasteiger partial charge on any atom is -0.492 e. The van der Waals surface area contributed by atoms with Crippen LogP contribution in [0.15, 0.2) is 34.5 Å². The van der Waals surface area contributed by atoms with E-state index in [0.29, 0.717) is 15.0 Å². The normalized spacial score (nSPS) is 11.6. The molecule has 0 aliphatic rings. The van der Waals surface area contributed by atoms with Gasteiger partial charge in [0.15, 0.2) is 0 Å². The fourth-order valence-corrected chi connectivity index (χ4v) is 4.14. The number of hydrogen-bond donors (Lipinski definition) is 1. The Kier molecular flexibility index (Phi) is 5.27. The number of hydrogen-bond acceptors (Lipinski definition) is 4. The summed E-state index contributed by atoms with van der Waals surface area (Å²) in [7, 11) is -3.44. The fourth-order valence-electron chi connectivity index (χ4n) is 1.68. The lowest BCUT2D eigenvalue weighted by Gasteiger charge is -2.08. The minimum absolute atomic E-state index is 0.209. The van der Waals surface area contributed by atoms with Crippen LogP contribution < -0.4 is 9.46 Å². The topological polar surface area (TPSA) is 55.4 Å². The zero-order chi connectivity index (χ0) is 15.5. The van der Waals surface area contributed by atoms with Gasteiger partial charge in [0, 0.05) is 16.4 Å². The zero-order valence-corrected chi connectivity index (χ0v) is 14.1. The lowest BCUT2D eigenvalue weighted by Crippen LogP contribution is -2.27. The van der Waals surface area contributed by atoms with E-state index in [1.54, 1.807) is 24.3 Å². The van der Waals surface area contributed by atoms with Crippen LogP contribution in [-0.2, 0) is 10.0 Å². The van der Waals surface area contributed by atoms with Crippen LogP contribution in [0.25, 0.3) is 0 Å². The number of ether oxygens (including phenoxy) is 1. The molecule has 1 aromatic heterocycles. The molecule has 0 aliphatic carbocycles. The first kappa shape index (κ1) is 16.3. The Hall–Kier alpha value is -1.08. The maximum absolute atomic E-state index is 12.0. The third kappa shape index (κ3) is 4.44. The summed E-state index contributed by atoms with van der Waals surface area (Å²) in [6.07, 6.45) is 0. The molecule has 0 amide bonds. The first-order chi connectivity index (χ1) is 9.88. The molecule has 0 radical (unpaired) electrons. The van der Waals surface area contributed by atoms with Gasteiger partial charge in [-0.3, -0.25) is 0 Å². The van der Waals surface area contributed by atoms with Crippen LogP contribution >= 0.6 is 22.9 Å². The summed E-state index contributed by atoms with van der Waals surface area (Å²) in [5.41, 5.74) is 0.920. The van der Waals surface area contributed by atoms with Crippen molar-refractivity contribution in [1.29, 1.82) is 0 Å². The van der Waals surface area contributed by atoms with Crippen molar-refractivity contribution in [3.05, 3.63) is 45.8 Å². The molecule has 1 N–H and O–H groups in total. The monoisotopic (exact) mass is 345 g/mol. The zero-order valence-electron chi connectivity index (χ0n) is 11.7. The van der Waals surface area contributed by atoms with Gasteiger partial charge in [-0.1, -0.05) is 11.6 Å². The maximum atomic E-state index is 12.0. The quantitative estimate of drug-likeness (QED) is 0.816. The van der Waals surface area contributed by atoms with E-state index < -0.39 is 10.0 Å². The van der Waals surface area contributed by atoms with Gasteiger partial charge in [-0.25, -0.2) is 13.1 Å². The molecule has 7 heteroatoms. The smallest absolute Gasteiger partial charge is 0.250 e. The van der Waals surface area contributed by atoms with Crippen LogP contribution in [0.3, 0.4) is 0 Å². The summed E-state index contributed by atoms with van der Waals surface area (Å²) in [6, 6.07) is 8.72.